The molecule has 0 saturated carbocycles. The quantitative estimate of drug-likeness (QED) is 0.836. The maximum absolute atomic E-state index is 5.99. The van der Waals surface area contributed by atoms with E-state index in [0.717, 1.165) is 17.7 Å². The summed E-state index contributed by atoms with van der Waals surface area (Å²) in [6.45, 7) is 5.10. The van der Waals surface area contributed by atoms with Crippen molar-refractivity contribution in [2.24, 2.45) is 0 Å². The van der Waals surface area contributed by atoms with Gasteiger partial charge in [0.15, 0.2) is 5.79 Å². The predicted molar refractivity (Wildman–Crippen MR) is 85.8 cm³/mol. The molecule has 3 heteroatoms. The van der Waals surface area contributed by atoms with Gasteiger partial charge in [0.1, 0.15) is 12.4 Å². The van der Waals surface area contributed by atoms with E-state index in [-0.39, 0.29) is 6.10 Å². The van der Waals surface area contributed by atoms with E-state index in [1.165, 1.54) is 5.56 Å². The summed E-state index contributed by atoms with van der Waals surface area (Å²) >= 11 is 0. The molecule has 1 atom stereocenters. The maximum Gasteiger partial charge on any atom is 0.163 e. The van der Waals surface area contributed by atoms with Crippen LogP contribution in [-0.2, 0) is 22.5 Å². The number of rotatable bonds is 5. The molecule has 2 aromatic carbocycles. The summed E-state index contributed by atoms with van der Waals surface area (Å²) in [5.41, 5.74) is 2.32. The van der Waals surface area contributed by atoms with Crippen molar-refractivity contribution in [3.8, 4) is 5.75 Å². The third-order valence-electron chi connectivity index (χ3n) is 3.72. The minimum absolute atomic E-state index is 0.0801. The second-order valence-electron chi connectivity index (χ2n) is 6.04. The summed E-state index contributed by atoms with van der Waals surface area (Å²) in [6, 6.07) is 18.3. The van der Waals surface area contributed by atoms with Crippen molar-refractivity contribution in [1.82, 2.24) is 0 Å². The van der Waals surface area contributed by atoms with Crippen molar-refractivity contribution in [2.75, 3.05) is 6.61 Å². The lowest BCUT2D eigenvalue weighted by Gasteiger charge is -2.18. The van der Waals surface area contributed by atoms with Crippen LogP contribution < -0.4 is 4.74 Å². The van der Waals surface area contributed by atoms with Gasteiger partial charge in [0.2, 0.25) is 0 Å². The van der Waals surface area contributed by atoms with Gasteiger partial charge in [0.25, 0.3) is 0 Å². The maximum atomic E-state index is 5.99. The highest BCUT2D eigenvalue weighted by molar-refractivity contribution is 5.34. The van der Waals surface area contributed by atoms with Gasteiger partial charge in [-0.15, -0.1) is 0 Å². The van der Waals surface area contributed by atoms with Crippen molar-refractivity contribution in [3.63, 3.8) is 0 Å². The highest BCUT2D eigenvalue weighted by atomic mass is 16.7. The standard InChI is InChI=1S/C19H22O3/c1-19(2)21-14-17(22-19)12-16-10-6-7-11-18(16)20-13-15-8-4-3-5-9-15/h3-11,17H,12-14H2,1-2H3. The molecule has 2 aromatic rings. The van der Waals surface area contributed by atoms with Gasteiger partial charge in [-0.25, -0.2) is 0 Å². The highest BCUT2D eigenvalue weighted by Gasteiger charge is 2.32. The Morgan fingerprint density at radius 3 is 2.50 bits per heavy atom. The van der Waals surface area contributed by atoms with Gasteiger partial charge in [-0.3, -0.25) is 0 Å². The molecule has 1 heterocycles. The van der Waals surface area contributed by atoms with Crippen molar-refractivity contribution in [2.45, 2.75) is 38.8 Å². The molecule has 1 aliphatic heterocycles. The highest BCUT2D eigenvalue weighted by Crippen LogP contribution is 2.28. The lowest BCUT2D eigenvalue weighted by Crippen LogP contribution is -2.22. The zero-order valence-corrected chi connectivity index (χ0v) is 13.1. The molecule has 0 N–H and O–H groups in total. The van der Waals surface area contributed by atoms with Crippen LogP contribution >= 0.6 is 0 Å². The summed E-state index contributed by atoms with van der Waals surface area (Å²) in [6.07, 6.45) is 0.880. The van der Waals surface area contributed by atoms with Crippen LogP contribution in [0, 0.1) is 0 Å². The van der Waals surface area contributed by atoms with E-state index >= 15 is 0 Å². The van der Waals surface area contributed by atoms with Crippen LogP contribution in [0.3, 0.4) is 0 Å². The average Bonchev–Trinajstić information content (AvgIpc) is 2.86. The van der Waals surface area contributed by atoms with E-state index in [0.29, 0.717) is 13.2 Å². The van der Waals surface area contributed by atoms with E-state index in [2.05, 4.69) is 18.2 Å². The first kappa shape index (κ1) is 15.1. The molecule has 0 radical (unpaired) electrons. The Bertz CT molecular complexity index is 607. The van der Waals surface area contributed by atoms with Crippen LogP contribution in [0.5, 0.6) is 5.75 Å². The smallest absolute Gasteiger partial charge is 0.163 e. The van der Waals surface area contributed by atoms with Gasteiger partial charge < -0.3 is 14.2 Å². The summed E-state index contributed by atoms with van der Waals surface area (Å²) in [5.74, 6) is 0.435. The van der Waals surface area contributed by atoms with Crippen molar-refractivity contribution >= 4 is 0 Å². The molecule has 0 amide bonds. The third kappa shape index (κ3) is 3.87. The first-order chi connectivity index (χ1) is 10.6. The molecule has 0 spiro atoms. The lowest BCUT2D eigenvalue weighted by atomic mass is 10.1. The lowest BCUT2D eigenvalue weighted by molar-refractivity contribution is -0.138. The molecular formula is C19H22O3. The predicted octanol–water partition coefficient (Wildman–Crippen LogP) is 3.96. The zero-order valence-electron chi connectivity index (χ0n) is 13.1. The molecule has 116 valence electrons. The Hall–Kier alpha value is -1.84. The fourth-order valence-electron chi connectivity index (χ4n) is 2.66. The van der Waals surface area contributed by atoms with E-state index in [1.807, 2.05) is 50.2 Å². The second-order valence-corrected chi connectivity index (χ2v) is 6.04. The molecule has 0 aromatic heterocycles. The van der Waals surface area contributed by atoms with Crippen LogP contribution in [0.25, 0.3) is 0 Å². The van der Waals surface area contributed by atoms with Crippen LogP contribution in [-0.4, -0.2) is 18.5 Å². The van der Waals surface area contributed by atoms with Gasteiger partial charge in [-0.05, 0) is 31.0 Å². The Morgan fingerprint density at radius 2 is 1.77 bits per heavy atom. The van der Waals surface area contributed by atoms with Crippen LogP contribution in [0.1, 0.15) is 25.0 Å². The molecule has 0 aliphatic carbocycles. The van der Waals surface area contributed by atoms with E-state index in [1.54, 1.807) is 0 Å². The normalized spacial score (nSPS) is 20.0. The third-order valence-corrected chi connectivity index (χ3v) is 3.72. The van der Waals surface area contributed by atoms with Crippen molar-refractivity contribution < 1.29 is 14.2 Å². The molecule has 1 aliphatic rings. The van der Waals surface area contributed by atoms with Crippen LogP contribution in [0.4, 0.5) is 0 Å². The number of benzene rings is 2. The Balaban J connectivity index is 1.65. The largest absolute Gasteiger partial charge is 0.489 e. The summed E-state index contributed by atoms with van der Waals surface area (Å²) in [4.78, 5) is 0. The number of hydrogen-bond acceptors (Lipinski definition) is 3. The first-order valence-electron chi connectivity index (χ1n) is 7.69. The molecule has 22 heavy (non-hydrogen) atoms. The first-order valence-corrected chi connectivity index (χ1v) is 7.69. The van der Waals surface area contributed by atoms with Gasteiger partial charge in [0, 0.05) is 6.42 Å². The van der Waals surface area contributed by atoms with E-state index in [9.17, 15) is 0 Å². The van der Waals surface area contributed by atoms with Gasteiger partial charge in [-0.1, -0.05) is 48.5 Å². The molecule has 3 rings (SSSR count). The average molecular weight is 298 g/mol. The molecule has 0 bridgehead atoms. The Labute approximate surface area is 131 Å². The monoisotopic (exact) mass is 298 g/mol. The second kappa shape index (κ2) is 6.51. The molecule has 1 unspecified atom stereocenters. The summed E-state index contributed by atoms with van der Waals surface area (Å²) in [7, 11) is 0. The summed E-state index contributed by atoms with van der Waals surface area (Å²) in [5, 5.41) is 0. The van der Waals surface area contributed by atoms with Crippen molar-refractivity contribution in [1.29, 1.82) is 0 Å². The summed E-state index contributed by atoms with van der Waals surface area (Å²) < 4.78 is 17.5. The Kier molecular flexibility index (Phi) is 4.46. The molecule has 1 saturated heterocycles. The minimum Gasteiger partial charge on any atom is -0.489 e. The molecule has 1 fully saturated rings. The van der Waals surface area contributed by atoms with E-state index in [4.69, 9.17) is 14.2 Å². The SMILES string of the molecule is CC1(C)OCC(Cc2ccccc2OCc2ccccc2)O1. The topological polar surface area (TPSA) is 27.7 Å². The fourth-order valence-corrected chi connectivity index (χ4v) is 2.66. The van der Waals surface area contributed by atoms with E-state index < -0.39 is 5.79 Å². The molecule has 3 nitrogen and oxygen atoms in total. The minimum atomic E-state index is -0.482. The number of hydrogen-bond donors (Lipinski definition) is 0. The van der Waals surface area contributed by atoms with Crippen LogP contribution in [0.2, 0.25) is 0 Å². The Morgan fingerprint density at radius 1 is 1.05 bits per heavy atom. The fraction of sp³-hybridized carbons (Fsp3) is 0.368. The zero-order chi connectivity index (χ0) is 15.4. The van der Waals surface area contributed by atoms with Gasteiger partial charge in [-0.2, -0.15) is 0 Å². The molecular weight excluding hydrogens is 276 g/mol. The number of para-hydroxylation sites is 1. The van der Waals surface area contributed by atoms with Crippen LogP contribution in [0.15, 0.2) is 54.6 Å². The number of ether oxygens (including phenoxy) is 3. The van der Waals surface area contributed by atoms with Gasteiger partial charge in [0.05, 0.1) is 12.7 Å². The van der Waals surface area contributed by atoms with Gasteiger partial charge >= 0.3 is 0 Å². The van der Waals surface area contributed by atoms with Crippen molar-refractivity contribution in [3.05, 3.63) is 65.7 Å².